The van der Waals surface area contributed by atoms with Gasteiger partial charge in [-0.2, -0.15) is 0 Å². The first-order chi connectivity index (χ1) is 14.1. The zero-order valence-corrected chi connectivity index (χ0v) is 18.3. The Morgan fingerprint density at radius 2 is 1.93 bits per heavy atom. The van der Waals surface area contributed by atoms with Crippen LogP contribution in [0.15, 0.2) is 53.7 Å². The fourth-order valence-electron chi connectivity index (χ4n) is 2.98. The van der Waals surface area contributed by atoms with E-state index in [9.17, 15) is 4.79 Å². The standard InChI is InChI=1S/C22H25ClN4OS/c1-3-5-7-16-10-12-19(13-11-16)24-20(28)15-29-22-26-25-21(27(22)4-2)17-8-6-9-18(23)14-17/h6,8-14H,3-5,7,15H2,1-2H3,(H,24,28). The molecule has 0 fully saturated rings. The van der Waals surface area contributed by atoms with Crippen LogP contribution in [0.3, 0.4) is 0 Å². The van der Waals surface area contributed by atoms with Crippen LogP contribution < -0.4 is 5.32 Å². The van der Waals surface area contributed by atoms with E-state index in [1.807, 2.05) is 47.9 Å². The van der Waals surface area contributed by atoms with Crippen LogP contribution in [-0.2, 0) is 17.8 Å². The van der Waals surface area contributed by atoms with Gasteiger partial charge in [0, 0.05) is 22.8 Å². The van der Waals surface area contributed by atoms with E-state index in [4.69, 9.17) is 11.6 Å². The lowest BCUT2D eigenvalue weighted by atomic mass is 10.1. The molecular weight excluding hydrogens is 404 g/mol. The third-order valence-electron chi connectivity index (χ3n) is 4.50. The highest BCUT2D eigenvalue weighted by Crippen LogP contribution is 2.26. The maximum atomic E-state index is 12.4. The molecule has 7 heteroatoms. The van der Waals surface area contributed by atoms with Gasteiger partial charge >= 0.3 is 0 Å². The molecule has 0 aliphatic carbocycles. The summed E-state index contributed by atoms with van der Waals surface area (Å²) in [7, 11) is 0. The molecule has 0 saturated heterocycles. The molecule has 0 bridgehead atoms. The molecule has 0 unspecified atom stereocenters. The number of amides is 1. The van der Waals surface area contributed by atoms with E-state index in [0.29, 0.717) is 16.7 Å². The van der Waals surface area contributed by atoms with Crippen molar-refractivity contribution in [3.05, 3.63) is 59.1 Å². The van der Waals surface area contributed by atoms with Gasteiger partial charge in [-0.05, 0) is 49.6 Å². The van der Waals surface area contributed by atoms with E-state index >= 15 is 0 Å². The number of anilines is 1. The van der Waals surface area contributed by atoms with Gasteiger partial charge in [0.15, 0.2) is 11.0 Å². The number of aryl methyl sites for hydroxylation is 1. The van der Waals surface area contributed by atoms with E-state index in [1.54, 1.807) is 0 Å². The lowest BCUT2D eigenvalue weighted by Crippen LogP contribution is -2.14. The Morgan fingerprint density at radius 1 is 1.14 bits per heavy atom. The first kappa shape index (κ1) is 21.4. The van der Waals surface area contributed by atoms with E-state index in [0.717, 1.165) is 23.5 Å². The number of halogens is 1. The molecule has 5 nitrogen and oxygen atoms in total. The summed E-state index contributed by atoms with van der Waals surface area (Å²) >= 11 is 7.47. The number of rotatable bonds is 9. The summed E-state index contributed by atoms with van der Waals surface area (Å²) in [6, 6.07) is 15.6. The lowest BCUT2D eigenvalue weighted by molar-refractivity contribution is -0.113. The second kappa shape index (κ2) is 10.5. The fraction of sp³-hybridized carbons (Fsp3) is 0.318. The molecule has 0 saturated carbocycles. The zero-order valence-electron chi connectivity index (χ0n) is 16.7. The minimum atomic E-state index is -0.0636. The van der Waals surface area contributed by atoms with Crippen molar-refractivity contribution in [3.8, 4) is 11.4 Å². The molecule has 0 aliphatic rings. The molecular formula is C22H25ClN4OS. The first-order valence-corrected chi connectivity index (χ1v) is 11.2. The monoisotopic (exact) mass is 428 g/mol. The molecule has 2 aromatic carbocycles. The highest BCUT2D eigenvalue weighted by molar-refractivity contribution is 7.99. The van der Waals surface area contributed by atoms with Gasteiger partial charge in [-0.1, -0.05) is 61.0 Å². The van der Waals surface area contributed by atoms with Crippen molar-refractivity contribution in [2.24, 2.45) is 0 Å². The number of nitrogens with zero attached hydrogens (tertiary/aromatic N) is 3. The van der Waals surface area contributed by atoms with Gasteiger partial charge < -0.3 is 9.88 Å². The molecule has 152 valence electrons. The number of benzene rings is 2. The largest absolute Gasteiger partial charge is 0.325 e. The molecule has 1 amide bonds. The average molecular weight is 429 g/mol. The van der Waals surface area contributed by atoms with Crippen molar-refractivity contribution in [2.45, 2.75) is 44.8 Å². The molecule has 1 heterocycles. The van der Waals surface area contributed by atoms with Crippen LogP contribution in [0.1, 0.15) is 32.3 Å². The molecule has 3 aromatic rings. The summed E-state index contributed by atoms with van der Waals surface area (Å²) < 4.78 is 1.99. The van der Waals surface area contributed by atoms with Gasteiger partial charge in [-0.3, -0.25) is 4.79 Å². The van der Waals surface area contributed by atoms with Gasteiger partial charge in [0.25, 0.3) is 0 Å². The second-order valence-corrected chi connectivity index (χ2v) is 8.08. The van der Waals surface area contributed by atoms with Crippen molar-refractivity contribution in [3.63, 3.8) is 0 Å². The second-order valence-electron chi connectivity index (χ2n) is 6.70. The summed E-state index contributed by atoms with van der Waals surface area (Å²) in [5, 5.41) is 12.9. The minimum absolute atomic E-state index is 0.0636. The Balaban J connectivity index is 1.60. The predicted octanol–water partition coefficient (Wildman–Crippen LogP) is 5.69. The molecule has 0 atom stereocenters. The smallest absolute Gasteiger partial charge is 0.234 e. The van der Waals surface area contributed by atoms with E-state index in [1.165, 1.54) is 30.2 Å². The minimum Gasteiger partial charge on any atom is -0.325 e. The van der Waals surface area contributed by atoms with Crippen molar-refractivity contribution < 1.29 is 4.79 Å². The van der Waals surface area contributed by atoms with Crippen LogP contribution in [-0.4, -0.2) is 26.4 Å². The molecule has 0 spiro atoms. The maximum Gasteiger partial charge on any atom is 0.234 e. The highest BCUT2D eigenvalue weighted by Gasteiger charge is 2.15. The van der Waals surface area contributed by atoms with Gasteiger partial charge in [-0.25, -0.2) is 0 Å². The van der Waals surface area contributed by atoms with Gasteiger partial charge in [0.1, 0.15) is 0 Å². The van der Waals surface area contributed by atoms with Crippen LogP contribution in [0, 0.1) is 0 Å². The number of thioether (sulfide) groups is 1. The molecule has 0 aliphatic heterocycles. The van der Waals surface area contributed by atoms with Gasteiger partial charge in [-0.15, -0.1) is 10.2 Å². The predicted molar refractivity (Wildman–Crippen MR) is 121 cm³/mol. The Hall–Kier alpha value is -2.31. The van der Waals surface area contributed by atoms with Gasteiger partial charge in [0.05, 0.1) is 5.75 Å². The summed E-state index contributed by atoms with van der Waals surface area (Å²) in [5.74, 6) is 0.956. The Labute approximate surface area is 180 Å². The Kier molecular flexibility index (Phi) is 7.72. The van der Waals surface area contributed by atoms with E-state index in [-0.39, 0.29) is 11.7 Å². The van der Waals surface area contributed by atoms with Crippen molar-refractivity contribution in [1.29, 1.82) is 0 Å². The Morgan fingerprint density at radius 3 is 2.62 bits per heavy atom. The SMILES string of the molecule is CCCCc1ccc(NC(=O)CSc2nnc(-c3cccc(Cl)c3)n2CC)cc1. The van der Waals surface area contributed by atoms with Gasteiger partial charge in [0.2, 0.25) is 5.91 Å². The third-order valence-corrected chi connectivity index (χ3v) is 5.71. The number of nitrogens with one attached hydrogen (secondary N) is 1. The van der Waals surface area contributed by atoms with Crippen LogP contribution in [0.2, 0.25) is 5.02 Å². The number of carbonyl (C=O) groups is 1. The van der Waals surface area contributed by atoms with Crippen molar-refractivity contribution in [2.75, 3.05) is 11.1 Å². The summed E-state index contributed by atoms with van der Waals surface area (Å²) in [6.07, 6.45) is 3.43. The topological polar surface area (TPSA) is 59.8 Å². The summed E-state index contributed by atoms with van der Waals surface area (Å²) in [4.78, 5) is 12.4. The molecule has 1 N–H and O–H groups in total. The number of carbonyl (C=O) groups excluding carboxylic acids is 1. The molecule has 1 aromatic heterocycles. The van der Waals surface area contributed by atoms with Crippen LogP contribution >= 0.6 is 23.4 Å². The van der Waals surface area contributed by atoms with Crippen molar-refractivity contribution >= 4 is 35.0 Å². The first-order valence-electron chi connectivity index (χ1n) is 9.81. The number of unbranched alkanes of at least 4 members (excludes halogenated alkanes) is 1. The third kappa shape index (κ3) is 5.84. The summed E-state index contributed by atoms with van der Waals surface area (Å²) in [6.45, 7) is 4.92. The van der Waals surface area contributed by atoms with Crippen molar-refractivity contribution in [1.82, 2.24) is 14.8 Å². The molecule has 29 heavy (non-hydrogen) atoms. The molecule has 0 radical (unpaired) electrons. The van der Waals surface area contributed by atoms with E-state index in [2.05, 4.69) is 34.6 Å². The summed E-state index contributed by atoms with van der Waals surface area (Å²) in [5.41, 5.74) is 3.02. The number of aromatic nitrogens is 3. The number of hydrogen-bond acceptors (Lipinski definition) is 4. The van der Waals surface area contributed by atoms with Crippen LogP contribution in [0.25, 0.3) is 11.4 Å². The zero-order chi connectivity index (χ0) is 20.6. The average Bonchev–Trinajstić information content (AvgIpc) is 3.15. The Bertz CT molecular complexity index is 956. The highest BCUT2D eigenvalue weighted by atomic mass is 35.5. The molecule has 3 rings (SSSR count). The normalized spacial score (nSPS) is 10.9. The lowest BCUT2D eigenvalue weighted by Gasteiger charge is -2.08. The number of hydrogen-bond donors (Lipinski definition) is 1. The van der Waals surface area contributed by atoms with Crippen LogP contribution in [0.5, 0.6) is 0 Å². The van der Waals surface area contributed by atoms with E-state index < -0.39 is 0 Å². The quantitative estimate of drug-likeness (QED) is 0.444. The van der Waals surface area contributed by atoms with Crippen LogP contribution in [0.4, 0.5) is 5.69 Å². The maximum absolute atomic E-state index is 12.4. The fourth-order valence-corrected chi connectivity index (χ4v) is 3.98.